The number of ether oxygens (including phenoxy) is 6. The third kappa shape index (κ3) is 12.3. The molecule has 0 N–H and O–H groups in total. The molecule has 1 radical (unpaired) electrons. The van der Waals surface area contributed by atoms with Crippen LogP contribution in [0.5, 0.6) is 34.5 Å². The first-order valence-electron chi connectivity index (χ1n) is 14.5. The van der Waals surface area contributed by atoms with Crippen molar-refractivity contribution in [2.45, 2.75) is 72.6 Å². The third-order valence-electron chi connectivity index (χ3n) is 6.37. The molecule has 11 heteroatoms. The molecule has 2 aromatic rings. The summed E-state index contributed by atoms with van der Waals surface area (Å²) in [4.78, 5) is 47.3. The Hall–Kier alpha value is -3.43. The van der Waals surface area contributed by atoms with Gasteiger partial charge in [0.25, 0.3) is 0 Å². The molecule has 0 saturated heterocycles. The number of ketones is 4. The number of carbonyl (C=O) groups excluding carboxylic acids is 4. The molecule has 2 aromatic carbocycles. The quantitative estimate of drug-likeness (QED) is 0.146. The van der Waals surface area contributed by atoms with E-state index in [1.807, 2.05) is 13.8 Å². The molecule has 0 atom stereocenters. The Kier molecular flexibility index (Phi) is 20.4. The van der Waals surface area contributed by atoms with Crippen LogP contribution in [0.4, 0.5) is 0 Å². The normalized spacial score (nSPS) is 9.91. The fraction of sp³-hybridized carbons (Fsp3) is 0.515. The first kappa shape index (κ1) is 40.6. The van der Waals surface area contributed by atoms with Crippen LogP contribution in [0, 0.1) is 0 Å². The van der Waals surface area contributed by atoms with Gasteiger partial charge in [0.05, 0.1) is 39.6 Å². The molecule has 247 valence electrons. The van der Waals surface area contributed by atoms with Gasteiger partial charge < -0.3 is 28.4 Å². The van der Waals surface area contributed by atoms with E-state index in [0.717, 1.165) is 25.7 Å². The van der Waals surface area contributed by atoms with Crippen LogP contribution in [-0.4, -0.2) is 64.8 Å². The van der Waals surface area contributed by atoms with Crippen molar-refractivity contribution in [1.82, 2.24) is 0 Å². The maximum Gasteiger partial charge on any atom is 0.204 e. The molecule has 0 bridgehead atoms. The zero-order valence-electron chi connectivity index (χ0n) is 27.1. The molecule has 0 aliphatic rings. The number of benzene rings is 2. The van der Waals surface area contributed by atoms with E-state index < -0.39 is 0 Å². The Bertz CT molecular complexity index is 1230. The van der Waals surface area contributed by atoms with Crippen molar-refractivity contribution >= 4 is 23.1 Å². The predicted octanol–water partition coefficient (Wildman–Crippen LogP) is 6.48. The van der Waals surface area contributed by atoms with Gasteiger partial charge in [0.15, 0.2) is 46.1 Å². The van der Waals surface area contributed by atoms with Gasteiger partial charge in [-0.05, 0) is 44.0 Å². The molecule has 0 heterocycles. The third-order valence-corrected chi connectivity index (χ3v) is 6.37. The Balaban J connectivity index is 0.000000823. The molecule has 0 saturated carbocycles. The molecule has 44 heavy (non-hydrogen) atoms. The second-order valence-corrected chi connectivity index (χ2v) is 9.55. The summed E-state index contributed by atoms with van der Waals surface area (Å²) in [5.41, 5.74) is 0.777. The van der Waals surface area contributed by atoms with Crippen LogP contribution in [0.25, 0.3) is 0 Å². The SMILES string of the molecule is CCCCC(=O)COc1c(C(=O)CC)ccc(OC)c1OC.CCCCC(=O)COc1c(C(C)=O)ccc(OC)c1OC.[Ir]. The molecule has 0 fully saturated rings. The number of carbonyl (C=O) groups is 4. The van der Waals surface area contributed by atoms with Crippen LogP contribution in [-0.2, 0) is 29.7 Å². The average molecular weight is 795 g/mol. The van der Waals surface area contributed by atoms with Gasteiger partial charge in [-0.15, -0.1) is 0 Å². The van der Waals surface area contributed by atoms with E-state index in [9.17, 15) is 19.2 Å². The summed E-state index contributed by atoms with van der Waals surface area (Å²) in [6.07, 6.45) is 4.85. The number of methoxy groups -OCH3 is 4. The molecular formula is C33H46IrO10. The number of unbranched alkanes of at least 4 members (excludes halogenated alkanes) is 2. The van der Waals surface area contributed by atoms with Gasteiger partial charge >= 0.3 is 0 Å². The van der Waals surface area contributed by atoms with Gasteiger partial charge in [-0.2, -0.15) is 0 Å². The van der Waals surface area contributed by atoms with Gasteiger partial charge in [0.2, 0.25) is 11.5 Å². The van der Waals surface area contributed by atoms with Crippen LogP contribution < -0.4 is 28.4 Å². The zero-order chi connectivity index (χ0) is 32.4. The summed E-state index contributed by atoms with van der Waals surface area (Å²) in [6, 6.07) is 6.55. The largest absolute Gasteiger partial charge is 0.493 e. The van der Waals surface area contributed by atoms with E-state index >= 15 is 0 Å². The fourth-order valence-corrected chi connectivity index (χ4v) is 3.97. The summed E-state index contributed by atoms with van der Waals surface area (Å²) < 4.78 is 32.1. The van der Waals surface area contributed by atoms with E-state index in [2.05, 4.69) is 0 Å². The van der Waals surface area contributed by atoms with Gasteiger partial charge in [-0.3, -0.25) is 19.2 Å². The van der Waals surface area contributed by atoms with Crippen LogP contribution >= 0.6 is 0 Å². The summed E-state index contributed by atoms with van der Waals surface area (Å²) in [5, 5.41) is 0. The van der Waals surface area contributed by atoms with Gasteiger partial charge in [0, 0.05) is 39.4 Å². The van der Waals surface area contributed by atoms with Crippen LogP contribution in [0.15, 0.2) is 24.3 Å². The molecule has 0 aliphatic carbocycles. The van der Waals surface area contributed by atoms with E-state index in [1.165, 1.54) is 35.4 Å². The first-order valence-corrected chi connectivity index (χ1v) is 14.5. The van der Waals surface area contributed by atoms with Gasteiger partial charge in [0.1, 0.15) is 13.2 Å². The summed E-state index contributed by atoms with van der Waals surface area (Å²) in [5.74, 6) is 1.89. The predicted molar refractivity (Wildman–Crippen MR) is 164 cm³/mol. The van der Waals surface area contributed by atoms with E-state index in [0.29, 0.717) is 53.4 Å². The number of hydrogen-bond donors (Lipinski definition) is 0. The van der Waals surface area contributed by atoms with E-state index in [1.54, 1.807) is 31.2 Å². The molecule has 0 aliphatic heterocycles. The minimum Gasteiger partial charge on any atom is -0.493 e. The molecule has 2 rings (SSSR count). The van der Waals surface area contributed by atoms with Crippen molar-refractivity contribution in [1.29, 1.82) is 0 Å². The standard InChI is InChI=1S/C17H24O5.C16H22O5.Ir/c1-5-7-8-12(18)11-22-16-13(14(19)6-2)9-10-15(20-3)17(16)21-4;1-5-6-7-12(18)10-21-15-13(11(2)17)8-9-14(19-3)16(15)20-4;/h9-10H,5-8,11H2,1-4H3;8-9H,5-7,10H2,1-4H3;. The summed E-state index contributed by atoms with van der Waals surface area (Å²) in [6.45, 7) is 7.10. The Morgan fingerprint density at radius 3 is 1.34 bits per heavy atom. The number of Topliss-reactive ketones (excluding diaryl/α,β-unsaturated/α-hetero) is 4. The minimum atomic E-state index is -0.160. The van der Waals surface area contributed by atoms with Gasteiger partial charge in [-0.1, -0.05) is 33.6 Å². The smallest absolute Gasteiger partial charge is 0.204 e. The fourth-order valence-electron chi connectivity index (χ4n) is 3.97. The Morgan fingerprint density at radius 2 is 1.00 bits per heavy atom. The second kappa shape index (κ2) is 22.1. The second-order valence-electron chi connectivity index (χ2n) is 9.55. The van der Waals surface area contributed by atoms with Crippen molar-refractivity contribution in [2.75, 3.05) is 41.7 Å². The van der Waals surface area contributed by atoms with Crippen LogP contribution in [0.1, 0.15) is 93.4 Å². The van der Waals surface area contributed by atoms with Crippen molar-refractivity contribution in [3.8, 4) is 34.5 Å². The van der Waals surface area contributed by atoms with Crippen molar-refractivity contribution in [2.24, 2.45) is 0 Å². The monoisotopic (exact) mass is 795 g/mol. The maximum absolute atomic E-state index is 12.1. The summed E-state index contributed by atoms with van der Waals surface area (Å²) in [7, 11) is 5.95. The number of rotatable bonds is 19. The maximum atomic E-state index is 12.1. The molecule has 0 unspecified atom stereocenters. The van der Waals surface area contributed by atoms with E-state index in [-0.39, 0.29) is 68.0 Å². The topological polar surface area (TPSA) is 124 Å². The minimum absolute atomic E-state index is 0. The van der Waals surface area contributed by atoms with Gasteiger partial charge in [-0.25, -0.2) is 0 Å². The molecule has 0 spiro atoms. The molecule has 0 amide bonds. The average Bonchev–Trinajstić information content (AvgIpc) is 3.02. The van der Waals surface area contributed by atoms with E-state index in [4.69, 9.17) is 28.4 Å². The number of hydrogen-bond acceptors (Lipinski definition) is 10. The zero-order valence-corrected chi connectivity index (χ0v) is 29.5. The van der Waals surface area contributed by atoms with Crippen LogP contribution in [0.2, 0.25) is 0 Å². The first-order chi connectivity index (χ1) is 20.6. The van der Waals surface area contributed by atoms with Crippen LogP contribution in [0.3, 0.4) is 0 Å². The molecular weight excluding hydrogens is 749 g/mol. The van der Waals surface area contributed by atoms with Crippen molar-refractivity contribution in [3.05, 3.63) is 35.4 Å². The summed E-state index contributed by atoms with van der Waals surface area (Å²) >= 11 is 0. The Labute approximate surface area is 274 Å². The molecule has 10 nitrogen and oxygen atoms in total. The Morgan fingerprint density at radius 1 is 0.591 bits per heavy atom. The van der Waals surface area contributed by atoms with Crippen molar-refractivity contribution in [3.63, 3.8) is 0 Å². The van der Waals surface area contributed by atoms with Crippen molar-refractivity contribution < 1.29 is 67.7 Å². The molecule has 0 aromatic heterocycles.